The van der Waals surface area contributed by atoms with Crippen LogP contribution >= 0.6 is 0 Å². The van der Waals surface area contributed by atoms with Crippen LogP contribution in [0.4, 0.5) is 5.69 Å². The SMILES string of the molecule is Cc1cc(OCCOCC2CCCNC2)ccc1N. The van der Waals surface area contributed by atoms with Gasteiger partial charge in [0, 0.05) is 12.2 Å². The summed E-state index contributed by atoms with van der Waals surface area (Å²) in [6.07, 6.45) is 2.53. The van der Waals surface area contributed by atoms with Crippen LogP contribution in [0.3, 0.4) is 0 Å². The zero-order valence-corrected chi connectivity index (χ0v) is 11.7. The normalized spacial score (nSPS) is 19.3. The van der Waals surface area contributed by atoms with E-state index < -0.39 is 0 Å². The average molecular weight is 264 g/mol. The molecular weight excluding hydrogens is 240 g/mol. The van der Waals surface area contributed by atoms with Gasteiger partial charge in [-0.2, -0.15) is 0 Å². The number of nitrogens with one attached hydrogen (secondary N) is 1. The molecule has 1 fully saturated rings. The van der Waals surface area contributed by atoms with E-state index in [0.717, 1.165) is 36.7 Å². The van der Waals surface area contributed by atoms with Crippen molar-refractivity contribution in [2.75, 3.05) is 38.6 Å². The molecule has 4 nitrogen and oxygen atoms in total. The van der Waals surface area contributed by atoms with Crippen molar-refractivity contribution in [3.63, 3.8) is 0 Å². The quantitative estimate of drug-likeness (QED) is 0.609. The standard InChI is InChI=1S/C15H24N2O2/c1-12-9-14(4-5-15(12)16)19-8-7-18-11-13-3-2-6-17-10-13/h4-5,9,13,17H,2-3,6-8,10-11,16H2,1H3. The number of ether oxygens (including phenoxy) is 2. The first kappa shape index (κ1) is 14.2. The maximum absolute atomic E-state index is 5.76. The highest BCUT2D eigenvalue weighted by molar-refractivity contribution is 5.49. The topological polar surface area (TPSA) is 56.5 Å². The van der Waals surface area contributed by atoms with Gasteiger partial charge in [-0.05, 0) is 56.0 Å². The smallest absolute Gasteiger partial charge is 0.119 e. The van der Waals surface area contributed by atoms with Crippen LogP contribution in [0.2, 0.25) is 0 Å². The Kier molecular flexibility index (Phi) is 5.48. The first-order chi connectivity index (χ1) is 9.25. The molecule has 19 heavy (non-hydrogen) atoms. The van der Waals surface area contributed by atoms with Gasteiger partial charge in [-0.25, -0.2) is 0 Å². The van der Waals surface area contributed by atoms with E-state index in [1.165, 1.54) is 12.8 Å². The van der Waals surface area contributed by atoms with Crippen LogP contribution in [0.1, 0.15) is 18.4 Å². The number of aryl methyl sites for hydroxylation is 1. The lowest BCUT2D eigenvalue weighted by atomic mass is 10.0. The Morgan fingerprint density at radius 2 is 2.26 bits per heavy atom. The molecule has 1 aliphatic rings. The molecule has 106 valence electrons. The lowest BCUT2D eigenvalue weighted by Crippen LogP contribution is -2.32. The van der Waals surface area contributed by atoms with Crippen molar-refractivity contribution >= 4 is 5.69 Å². The second kappa shape index (κ2) is 7.36. The van der Waals surface area contributed by atoms with Gasteiger partial charge in [0.15, 0.2) is 0 Å². The largest absolute Gasteiger partial charge is 0.491 e. The van der Waals surface area contributed by atoms with Crippen molar-refractivity contribution in [1.82, 2.24) is 5.32 Å². The Bertz CT molecular complexity index is 390. The molecule has 1 aromatic carbocycles. The second-order valence-corrected chi connectivity index (χ2v) is 5.15. The Morgan fingerprint density at radius 1 is 1.37 bits per heavy atom. The van der Waals surface area contributed by atoms with Crippen molar-refractivity contribution in [2.24, 2.45) is 5.92 Å². The summed E-state index contributed by atoms with van der Waals surface area (Å²) >= 11 is 0. The predicted molar refractivity (Wildman–Crippen MR) is 77.5 cm³/mol. The van der Waals surface area contributed by atoms with E-state index in [4.69, 9.17) is 15.2 Å². The molecule has 3 N–H and O–H groups in total. The molecule has 0 radical (unpaired) electrons. The minimum Gasteiger partial charge on any atom is -0.491 e. The van der Waals surface area contributed by atoms with Crippen molar-refractivity contribution in [1.29, 1.82) is 0 Å². The van der Waals surface area contributed by atoms with Gasteiger partial charge in [-0.1, -0.05) is 0 Å². The first-order valence-electron chi connectivity index (χ1n) is 7.03. The van der Waals surface area contributed by atoms with E-state index in [9.17, 15) is 0 Å². The van der Waals surface area contributed by atoms with Crippen LogP contribution < -0.4 is 15.8 Å². The van der Waals surface area contributed by atoms with Gasteiger partial charge in [0.1, 0.15) is 12.4 Å². The van der Waals surface area contributed by atoms with E-state index in [0.29, 0.717) is 19.1 Å². The number of hydrogen-bond acceptors (Lipinski definition) is 4. The molecule has 0 saturated carbocycles. The van der Waals surface area contributed by atoms with Crippen LogP contribution in [0.5, 0.6) is 5.75 Å². The number of piperidine rings is 1. The zero-order chi connectivity index (χ0) is 13.5. The van der Waals surface area contributed by atoms with Gasteiger partial charge in [0.05, 0.1) is 13.2 Å². The number of anilines is 1. The summed E-state index contributed by atoms with van der Waals surface area (Å²) in [4.78, 5) is 0. The van der Waals surface area contributed by atoms with Crippen molar-refractivity contribution in [2.45, 2.75) is 19.8 Å². The van der Waals surface area contributed by atoms with Gasteiger partial charge in [-0.15, -0.1) is 0 Å². The molecule has 1 aromatic rings. The summed E-state index contributed by atoms with van der Waals surface area (Å²) in [5.41, 5.74) is 7.61. The fourth-order valence-electron chi connectivity index (χ4n) is 2.27. The number of nitrogens with two attached hydrogens (primary N) is 1. The van der Waals surface area contributed by atoms with Gasteiger partial charge >= 0.3 is 0 Å². The first-order valence-corrected chi connectivity index (χ1v) is 7.03. The molecule has 0 spiro atoms. The van der Waals surface area contributed by atoms with E-state index in [-0.39, 0.29) is 0 Å². The minimum absolute atomic E-state index is 0.587. The number of benzene rings is 1. The van der Waals surface area contributed by atoms with Gasteiger partial charge in [-0.3, -0.25) is 0 Å². The summed E-state index contributed by atoms with van der Waals surface area (Å²) in [5.74, 6) is 1.52. The molecule has 4 heteroatoms. The average Bonchev–Trinajstić information content (AvgIpc) is 2.43. The molecule has 0 bridgehead atoms. The summed E-state index contributed by atoms with van der Waals surface area (Å²) in [6.45, 7) is 6.27. The van der Waals surface area contributed by atoms with Crippen molar-refractivity contribution in [3.8, 4) is 5.75 Å². The Hall–Kier alpha value is -1.26. The number of rotatable bonds is 6. The van der Waals surface area contributed by atoms with Crippen LogP contribution in [0.25, 0.3) is 0 Å². The maximum atomic E-state index is 5.76. The van der Waals surface area contributed by atoms with E-state index in [1.54, 1.807) is 0 Å². The summed E-state index contributed by atoms with van der Waals surface area (Å²) in [5, 5.41) is 3.39. The molecule has 1 heterocycles. The van der Waals surface area contributed by atoms with Crippen LogP contribution in [0.15, 0.2) is 18.2 Å². The molecule has 1 aliphatic heterocycles. The molecule has 0 amide bonds. The van der Waals surface area contributed by atoms with Crippen LogP contribution in [-0.4, -0.2) is 32.9 Å². The van der Waals surface area contributed by atoms with Gasteiger partial charge in [0.2, 0.25) is 0 Å². The molecule has 0 aliphatic carbocycles. The molecular formula is C15H24N2O2. The third-order valence-electron chi connectivity index (χ3n) is 3.49. The van der Waals surface area contributed by atoms with Crippen molar-refractivity contribution in [3.05, 3.63) is 23.8 Å². The Balaban J connectivity index is 1.59. The Morgan fingerprint density at radius 3 is 3.00 bits per heavy atom. The van der Waals surface area contributed by atoms with Crippen LogP contribution in [0, 0.1) is 12.8 Å². The molecule has 1 saturated heterocycles. The van der Waals surface area contributed by atoms with Gasteiger partial charge in [0.25, 0.3) is 0 Å². The monoisotopic (exact) mass is 264 g/mol. The Labute approximate surface area is 115 Å². The van der Waals surface area contributed by atoms with Gasteiger partial charge < -0.3 is 20.5 Å². The van der Waals surface area contributed by atoms with E-state index in [2.05, 4.69) is 5.32 Å². The maximum Gasteiger partial charge on any atom is 0.119 e. The zero-order valence-electron chi connectivity index (χ0n) is 11.7. The van der Waals surface area contributed by atoms with Crippen molar-refractivity contribution < 1.29 is 9.47 Å². The summed E-state index contributed by atoms with van der Waals surface area (Å²) in [7, 11) is 0. The van der Waals surface area contributed by atoms with Crippen LogP contribution in [-0.2, 0) is 4.74 Å². The third kappa shape index (κ3) is 4.73. The number of nitrogen functional groups attached to an aromatic ring is 1. The predicted octanol–water partition coefficient (Wildman–Crippen LogP) is 1.97. The molecule has 2 rings (SSSR count). The highest BCUT2D eigenvalue weighted by Crippen LogP contribution is 2.18. The van der Waals surface area contributed by atoms with E-state index in [1.807, 2.05) is 25.1 Å². The fraction of sp³-hybridized carbons (Fsp3) is 0.600. The second-order valence-electron chi connectivity index (χ2n) is 5.15. The molecule has 1 unspecified atom stereocenters. The third-order valence-corrected chi connectivity index (χ3v) is 3.49. The summed E-state index contributed by atoms with van der Waals surface area (Å²) < 4.78 is 11.3. The fourth-order valence-corrected chi connectivity index (χ4v) is 2.27. The highest BCUT2D eigenvalue weighted by atomic mass is 16.5. The molecule has 0 aromatic heterocycles. The lowest BCUT2D eigenvalue weighted by molar-refractivity contribution is 0.0671. The molecule has 1 atom stereocenters. The van der Waals surface area contributed by atoms with E-state index >= 15 is 0 Å². The highest BCUT2D eigenvalue weighted by Gasteiger charge is 2.12. The minimum atomic E-state index is 0.587. The summed E-state index contributed by atoms with van der Waals surface area (Å²) in [6, 6.07) is 5.73. The number of hydrogen-bond donors (Lipinski definition) is 2. The lowest BCUT2D eigenvalue weighted by Gasteiger charge is -2.22.